The van der Waals surface area contributed by atoms with Crippen molar-refractivity contribution in [2.75, 3.05) is 0 Å². The van der Waals surface area contributed by atoms with E-state index in [4.69, 9.17) is 9.84 Å². The molecule has 0 fully saturated rings. The first-order valence-corrected chi connectivity index (χ1v) is 6.53. The van der Waals surface area contributed by atoms with Crippen LogP contribution in [0.15, 0.2) is 42.5 Å². The van der Waals surface area contributed by atoms with Gasteiger partial charge in [0.15, 0.2) is 0 Å². The van der Waals surface area contributed by atoms with E-state index < -0.39 is 5.97 Å². The lowest BCUT2D eigenvalue weighted by Crippen LogP contribution is -1.97. The first-order valence-electron chi connectivity index (χ1n) is 6.53. The van der Waals surface area contributed by atoms with Gasteiger partial charge in [-0.25, -0.2) is 9.78 Å². The Morgan fingerprint density at radius 3 is 2.71 bits per heavy atom. The smallest absolute Gasteiger partial charge is 0.335 e. The van der Waals surface area contributed by atoms with E-state index in [1.165, 1.54) is 11.6 Å². The third kappa shape index (κ3) is 2.86. The molecule has 2 aromatic carbocycles. The van der Waals surface area contributed by atoms with Crippen molar-refractivity contribution in [3.05, 3.63) is 59.4 Å². The molecule has 1 heterocycles. The molecule has 0 spiro atoms. The second kappa shape index (κ2) is 5.28. The molecule has 106 valence electrons. The normalized spacial score (nSPS) is 10.7. The Morgan fingerprint density at radius 1 is 1.24 bits per heavy atom. The molecule has 0 radical (unpaired) electrons. The number of aromatic nitrogens is 2. The number of aromatic carboxylic acids is 1. The quantitative estimate of drug-likeness (QED) is 0.770. The van der Waals surface area contributed by atoms with E-state index in [0.29, 0.717) is 17.9 Å². The number of aryl methyl sites for hydroxylation is 1. The summed E-state index contributed by atoms with van der Waals surface area (Å²) in [6, 6.07) is 12.6. The number of benzene rings is 2. The predicted molar refractivity (Wildman–Crippen MR) is 78.6 cm³/mol. The van der Waals surface area contributed by atoms with Gasteiger partial charge in [0.1, 0.15) is 18.2 Å². The van der Waals surface area contributed by atoms with Crippen molar-refractivity contribution < 1.29 is 14.6 Å². The van der Waals surface area contributed by atoms with Crippen LogP contribution in [0.3, 0.4) is 0 Å². The summed E-state index contributed by atoms with van der Waals surface area (Å²) in [7, 11) is 0. The van der Waals surface area contributed by atoms with Gasteiger partial charge >= 0.3 is 5.97 Å². The maximum atomic E-state index is 10.9. The molecule has 0 saturated heterocycles. The average molecular weight is 282 g/mol. The maximum Gasteiger partial charge on any atom is 0.335 e. The second-order valence-electron chi connectivity index (χ2n) is 4.82. The van der Waals surface area contributed by atoms with Crippen LogP contribution in [0.1, 0.15) is 21.7 Å². The highest BCUT2D eigenvalue weighted by Crippen LogP contribution is 2.16. The first-order chi connectivity index (χ1) is 10.1. The van der Waals surface area contributed by atoms with Gasteiger partial charge < -0.3 is 14.8 Å². The van der Waals surface area contributed by atoms with Crippen molar-refractivity contribution in [3.8, 4) is 5.75 Å². The number of hydrogen-bond acceptors (Lipinski definition) is 3. The van der Waals surface area contributed by atoms with Gasteiger partial charge in [-0.3, -0.25) is 0 Å². The van der Waals surface area contributed by atoms with Crippen molar-refractivity contribution in [2.24, 2.45) is 0 Å². The lowest BCUT2D eigenvalue weighted by atomic mass is 10.2. The monoisotopic (exact) mass is 282 g/mol. The number of aromatic amines is 1. The van der Waals surface area contributed by atoms with Gasteiger partial charge in [0.05, 0.1) is 16.6 Å². The molecule has 5 heteroatoms. The molecule has 0 amide bonds. The summed E-state index contributed by atoms with van der Waals surface area (Å²) in [6.07, 6.45) is 0. The molecule has 3 rings (SSSR count). The molecule has 5 nitrogen and oxygen atoms in total. The molecule has 3 aromatic rings. The molecule has 0 bridgehead atoms. The number of fused-ring (bicyclic) bond motifs is 1. The number of carboxylic acids is 1. The van der Waals surface area contributed by atoms with Crippen LogP contribution in [0.2, 0.25) is 0 Å². The van der Waals surface area contributed by atoms with Crippen LogP contribution in [0.25, 0.3) is 11.0 Å². The van der Waals surface area contributed by atoms with Gasteiger partial charge in [-0.05, 0) is 37.3 Å². The summed E-state index contributed by atoms with van der Waals surface area (Å²) in [5, 5.41) is 8.97. The van der Waals surface area contributed by atoms with E-state index >= 15 is 0 Å². The minimum atomic E-state index is -0.955. The number of carboxylic acid groups (broad SMARTS) is 1. The van der Waals surface area contributed by atoms with Gasteiger partial charge in [0.25, 0.3) is 0 Å². The first kappa shape index (κ1) is 13.2. The Labute approximate surface area is 121 Å². The summed E-state index contributed by atoms with van der Waals surface area (Å²) in [5.74, 6) is 0.476. The average Bonchev–Trinajstić information content (AvgIpc) is 2.88. The fourth-order valence-electron chi connectivity index (χ4n) is 2.05. The predicted octanol–water partition coefficient (Wildman–Crippen LogP) is 3.15. The molecule has 0 aliphatic heterocycles. The van der Waals surface area contributed by atoms with Gasteiger partial charge in [-0.15, -0.1) is 0 Å². The second-order valence-corrected chi connectivity index (χ2v) is 4.82. The zero-order valence-electron chi connectivity index (χ0n) is 11.5. The molecule has 0 unspecified atom stereocenters. The lowest BCUT2D eigenvalue weighted by molar-refractivity contribution is 0.0697. The van der Waals surface area contributed by atoms with Crippen LogP contribution in [0, 0.1) is 6.92 Å². The topological polar surface area (TPSA) is 75.2 Å². The van der Waals surface area contributed by atoms with Crippen LogP contribution in [-0.4, -0.2) is 21.0 Å². The number of H-pyrrole nitrogens is 1. The fourth-order valence-corrected chi connectivity index (χ4v) is 2.05. The summed E-state index contributed by atoms with van der Waals surface area (Å²) >= 11 is 0. The molecule has 0 aliphatic carbocycles. The summed E-state index contributed by atoms with van der Waals surface area (Å²) < 4.78 is 5.64. The van der Waals surface area contributed by atoms with E-state index in [2.05, 4.69) is 9.97 Å². The summed E-state index contributed by atoms with van der Waals surface area (Å²) in [5.41, 5.74) is 2.82. The van der Waals surface area contributed by atoms with Crippen LogP contribution < -0.4 is 4.74 Å². The zero-order chi connectivity index (χ0) is 14.8. The maximum absolute atomic E-state index is 10.9. The number of rotatable bonds is 4. The molecular weight excluding hydrogens is 268 g/mol. The van der Waals surface area contributed by atoms with Crippen molar-refractivity contribution in [1.82, 2.24) is 9.97 Å². The highest BCUT2D eigenvalue weighted by molar-refractivity contribution is 5.92. The zero-order valence-corrected chi connectivity index (χ0v) is 11.5. The minimum Gasteiger partial charge on any atom is -0.486 e. The Bertz CT molecular complexity index is 791. The molecule has 0 atom stereocenters. The van der Waals surface area contributed by atoms with Crippen LogP contribution in [-0.2, 0) is 6.61 Å². The van der Waals surface area contributed by atoms with E-state index in [1.807, 2.05) is 31.2 Å². The van der Waals surface area contributed by atoms with Crippen molar-refractivity contribution in [2.45, 2.75) is 13.5 Å². The summed E-state index contributed by atoms with van der Waals surface area (Å²) in [4.78, 5) is 18.4. The third-order valence-electron chi connectivity index (χ3n) is 3.17. The molecule has 2 N–H and O–H groups in total. The molecule has 0 aliphatic rings. The Balaban J connectivity index is 1.78. The number of carbonyl (C=O) groups is 1. The largest absolute Gasteiger partial charge is 0.486 e. The van der Waals surface area contributed by atoms with E-state index in [-0.39, 0.29) is 5.56 Å². The Kier molecular flexibility index (Phi) is 3.31. The molecule has 1 aromatic heterocycles. The van der Waals surface area contributed by atoms with E-state index in [9.17, 15) is 4.79 Å². The Morgan fingerprint density at radius 2 is 2.00 bits per heavy atom. The highest BCUT2D eigenvalue weighted by Gasteiger charge is 2.08. The van der Waals surface area contributed by atoms with Crippen LogP contribution in [0.4, 0.5) is 0 Å². The molecule has 0 saturated carbocycles. The number of nitrogens with one attached hydrogen (secondary N) is 1. The van der Waals surface area contributed by atoms with Crippen molar-refractivity contribution >= 4 is 17.0 Å². The van der Waals surface area contributed by atoms with Gasteiger partial charge in [-0.1, -0.05) is 17.7 Å². The van der Waals surface area contributed by atoms with Crippen LogP contribution in [0.5, 0.6) is 5.75 Å². The van der Waals surface area contributed by atoms with Gasteiger partial charge in [0.2, 0.25) is 0 Å². The van der Waals surface area contributed by atoms with E-state index in [0.717, 1.165) is 11.3 Å². The van der Waals surface area contributed by atoms with Gasteiger partial charge in [-0.2, -0.15) is 0 Å². The highest BCUT2D eigenvalue weighted by atomic mass is 16.5. The number of nitrogens with zero attached hydrogens (tertiary/aromatic N) is 1. The van der Waals surface area contributed by atoms with Crippen molar-refractivity contribution in [1.29, 1.82) is 0 Å². The van der Waals surface area contributed by atoms with Gasteiger partial charge in [0, 0.05) is 0 Å². The van der Waals surface area contributed by atoms with Crippen LogP contribution >= 0.6 is 0 Å². The molecule has 21 heavy (non-hydrogen) atoms. The number of hydrogen-bond donors (Lipinski definition) is 2. The SMILES string of the molecule is Cc1ccc(OCc2nc3ccc(C(=O)O)cc3[nH]2)cc1. The summed E-state index contributed by atoms with van der Waals surface area (Å²) in [6.45, 7) is 2.32. The Hall–Kier alpha value is -2.82. The number of imidazole rings is 1. The molecular formula is C16H14N2O3. The van der Waals surface area contributed by atoms with E-state index in [1.54, 1.807) is 12.1 Å². The number of ether oxygens (including phenoxy) is 1. The minimum absolute atomic E-state index is 0.233. The third-order valence-corrected chi connectivity index (χ3v) is 3.17. The lowest BCUT2D eigenvalue weighted by Gasteiger charge is -2.03. The van der Waals surface area contributed by atoms with Crippen molar-refractivity contribution in [3.63, 3.8) is 0 Å². The fraction of sp³-hybridized carbons (Fsp3) is 0.125. The standard InChI is InChI=1S/C16H14N2O3/c1-10-2-5-12(6-3-10)21-9-15-17-13-7-4-11(16(19)20)8-14(13)18-15/h2-8H,9H2,1H3,(H,17,18)(H,19,20).